The maximum absolute atomic E-state index is 5.53. The Labute approximate surface area is 128 Å². The quantitative estimate of drug-likeness (QED) is 0.751. The van der Waals surface area contributed by atoms with Crippen molar-refractivity contribution in [2.45, 2.75) is 39.3 Å². The molecule has 0 radical (unpaired) electrons. The molecule has 3 aromatic rings. The summed E-state index contributed by atoms with van der Waals surface area (Å²) in [5.74, 6) is 0.562. The number of imidazole rings is 1. The van der Waals surface area contributed by atoms with E-state index in [1.807, 2.05) is 11.6 Å². The van der Waals surface area contributed by atoms with Crippen LogP contribution in [0.3, 0.4) is 0 Å². The van der Waals surface area contributed by atoms with Crippen molar-refractivity contribution in [2.24, 2.45) is 0 Å². The second-order valence-corrected chi connectivity index (χ2v) is 6.13. The van der Waals surface area contributed by atoms with Crippen LogP contribution in [0.15, 0.2) is 24.3 Å². The standard InChI is InChI=1S/C16H18N4S/c1-3-20-15-14(10(2)18-20)17-16(21)19(15)9-12-8-11-6-4-5-7-13(11)12/h4-7,12H,3,8-9H2,1-2H3,(H,17,21). The fraction of sp³-hybridized carbons (Fsp3) is 0.375. The summed E-state index contributed by atoms with van der Waals surface area (Å²) in [6.07, 6.45) is 1.14. The molecular weight excluding hydrogens is 280 g/mol. The Morgan fingerprint density at radius 1 is 1.38 bits per heavy atom. The van der Waals surface area contributed by atoms with Gasteiger partial charge in [-0.05, 0) is 43.6 Å². The zero-order chi connectivity index (χ0) is 14.6. The molecular formula is C16H18N4S. The summed E-state index contributed by atoms with van der Waals surface area (Å²) in [6.45, 7) is 5.94. The molecule has 1 N–H and O–H groups in total. The molecule has 2 aromatic heterocycles. The summed E-state index contributed by atoms with van der Waals surface area (Å²) in [5, 5.41) is 4.58. The normalized spacial score (nSPS) is 17.0. The van der Waals surface area contributed by atoms with Gasteiger partial charge < -0.3 is 9.55 Å². The predicted octanol–water partition coefficient (Wildman–Crippen LogP) is 3.56. The highest BCUT2D eigenvalue weighted by atomic mass is 32.1. The van der Waals surface area contributed by atoms with Gasteiger partial charge in [-0.3, -0.25) is 0 Å². The van der Waals surface area contributed by atoms with E-state index in [1.165, 1.54) is 11.1 Å². The zero-order valence-electron chi connectivity index (χ0n) is 12.3. The van der Waals surface area contributed by atoms with Crippen molar-refractivity contribution in [1.29, 1.82) is 0 Å². The number of hydrogen-bond acceptors (Lipinski definition) is 2. The smallest absolute Gasteiger partial charge is 0.179 e. The van der Waals surface area contributed by atoms with Crippen LogP contribution in [0.5, 0.6) is 0 Å². The topological polar surface area (TPSA) is 38.5 Å². The molecule has 0 saturated heterocycles. The van der Waals surface area contributed by atoms with Crippen LogP contribution in [0.1, 0.15) is 29.7 Å². The molecule has 4 nitrogen and oxygen atoms in total. The molecule has 108 valence electrons. The van der Waals surface area contributed by atoms with E-state index < -0.39 is 0 Å². The highest BCUT2D eigenvalue weighted by Crippen LogP contribution is 2.36. The molecule has 0 amide bonds. The van der Waals surface area contributed by atoms with Crippen LogP contribution >= 0.6 is 12.2 Å². The molecule has 1 unspecified atom stereocenters. The van der Waals surface area contributed by atoms with E-state index in [4.69, 9.17) is 12.2 Å². The van der Waals surface area contributed by atoms with Gasteiger partial charge in [-0.2, -0.15) is 5.10 Å². The predicted molar refractivity (Wildman–Crippen MR) is 86.2 cm³/mol. The third-order valence-corrected chi connectivity index (χ3v) is 4.82. The summed E-state index contributed by atoms with van der Waals surface area (Å²) in [5.41, 5.74) is 6.17. The van der Waals surface area contributed by atoms with Crippen LogP contribution in [0.4, 0.5) is 0 Å². The number of nitrogens with zero attached hydrogens (tertiary/aromatic N) is 3. The Balaban J connectivity index is 1.78. The zero-order valence-corrected chi connectivity index (χ0v) is 13.1. The van der Waals surface area contributed by atoms with Gasteiger partial charge in [0.1, 0.15) is 5.52 Å². The third-order valence-electron chi connectivity index (χ3n) is 4.50. The summed E-state index contributed by atoms with van der Waals surface area (Å²) in [6, 6.07) is 8.69. The first-order valence-electron chi connectivity index (χ1n) is 7.42. The second-order valence-electron chi connectivity index (χ2n) is 5.74. The molecule has 1 atom stereocenters. The number of aromatic amines is 1. The Morgan fingerprint density at radius 2 is 2.19 bits per heavy atom. The lowest BCUT2D eigenvalue weighted by atomic mass is 9.77. The monoisotopic (exact) mass is 298 g/mol. The van der Waals surface area contributed by atoms with Crippen molar-refractivity contribution in [3.63, 3.8) is 0 Å². The number of nitrogens with one attached hydrogen (secondary N) is 1. The number of rotatable bonds is 3. The van der Waals surface area contributed by atoms with Crippen LogP contribution < -0.4 is 0 Å². The van der Waals surface area contributed by atoms with Crippen molar-refractivity contribution >= 4 is 23.4 Å². The first-order valence-corrected chi connectivity index (χ1v) is 7.83. The summed E-state index contributed by atoms with van der Waals surface area (Å²) in [7, 11) is 0. The van der Waals surface area contributed by atoms with Crippen LogP contribution in [-0.2, 0) is 19.5 Å². The molecule has 0 fully saturated rings. The van der Waals surface area contributed by atoms with E-state index in [0.29, 0.717) is 5.92 Å². The average Bonchev–Trinajstić information content (AvgIpc) is 2.94. The van der Waals surface area contributed by atoms with Crippen LogP contribution in [-0.4, -0.2) is 19.3 Å². The molecule has 0 saturated carbocycles. The molecule has 1 aliphatic rings. The van der Waals surface area contributed by atoms with E-state index in [1.54, 1.807) is 0 Å². The van der Waals surface area contributed by atoms with Gasteiger partial charge in [-0.1, -0.05) is 24.3 Å². The molecule has 0 bridgehead atoms. The Kier molecular flexibility index (Phi) is 2.79. The Bertz CT molecular complexity index is 883. The third kappa shape index (κ3) is 1.80. The number of hydrogen-bond donors (Lipinski definition) is 1. The molecule has 1 aliphatic carbocycles. The first-order chi connectivity index (χ1) is 10.2. The van der Waals surface area contributed by atoms with Gasteiger partial charge in [-0.15, -0.1) is 0 Å². The lowest BCUT2D eigenvalue weighted by molar-refractivity contribution is 0.503. The molecule has 21 heavy (non-hydrogen) atoms. The second kappa shape index (κ2) is 4.56. The molecule has 2 heterocycles. The van der Waals surface area contributed by atoms with Gasteiger partial charge >= 0.3 is 0 Å². The summed E-state index contributed by atoms with van der Waals surface area (Å²) < 4.78 is 5.06. The van der Waals surface area contributed by atoms with Gasteiger partial charge in [0, 0.05) is 19.0 Å². The lowest BCUT2D eigenvalue weighted by Crippen LogP contribution is -2.22. The number of aryl methyl sites for hydroxylation is 2. The van der Waals surface area contributed by atoms with Gasteiger partial charge in [0.2, 0.25) is 0 Å². The van der Waals surface area contributed by atoms with Crippen molar-refractivity contribution in [3.05, 3.63) is 45.9 Å². The largest absolute Gasteiger partial charge is 0.328 e. The van der Waals surface area contributed by atoms with E-state index in [0.717, 1.165) is 41.1 Å². The van der Waals surface area contributed by atoms with E-state index in [-0.39, 0.29) is 0 Å². The maximum Gasteiger partial charge on any atom is 0.179 e. The Morgan fingerprint density at radius 3 is 2.95 bits per heavy atom. The van der Waals surface area contributed by atoms with Crippen molar-refractivity contribution in [1.82, 2.24) is 19.3 Å². The van der Waals surface area contributed by atoms with Crippen LogP contribution in [0, 0.1) is 11.7 Å². The van der Waals surface area contributed by atoms with E-state index >= 15 is 0 Å². The summed E-state index contributed by atoms with van der Waals surface area (Å²) in [4.78, 5) is 3.32. The van der Waals surface area contributed by atoms with Crippen LogP contribution in [0.25, 0.3) is 11.2 Å². The van der Waals surface area contributed by atoms with Gasteiger partial charge in [0.25, 0.3) is 0 Å². The first kappa shape index (κ1) is 12.8. The fourth-order valence-corrected chi connectivity index (χ4v) is 3.66. The minimum absolute atomic E-state index is 0.562. The molecule has 4 rings (SSSR count). The van der Waals surface area contributed by atoms with Crippen molar-refractivity contribution in [3.8, 4) is 0 Å². The molecule has 1 aromatic carbocycles. The SMILES string of the molecule is CCn1nc(C)c2[nH]c(=S)n(CC3Cc4ccccc43)c21. The highest BCUT2D eigenvalue weighted by Gasteiger charge is 2.27. The number of aromatic nitrogens is 4. The van der Waals surface area contributed by atoms with Gasteiger partial charge in [0.05, 0.1) is 5.69 Å². The maximum atomic E-state index is 5.53. The minimum Gasteiger partial charge on any atom is -0.328 e. The summed E-state index contributed by atoms with van der Waals surface area (Å²) >= 11 is 5.53. The van der Waals surface area contributed by atoms with Gasteiger partial charge in [0.15, 0.2) is 10.4 Å². The van der Waals surface area contributed by atoms with E-state index in [9.17, 15) is 0 Å². The lowest BCUT2D eigenvalue weighted by Gasteiger charge is -2.30. The molecule has 5 heteroatoms. The average molecular weight is 298 g/mol. The van der Waals surface area contributed by atoms with Crippen molar-refractivity contribution < 1.29 is 0 Å². The van der Waals surface area contributed by atoms with Crippen LogP contribution in [0.2, 0.25) is 0 Å². The minimum atomic E-state index is 0.562. The Hall–Kier alpha value is -1.88. The highest BCUT2D eigenvalue weighted by molar-refractivity contribution is 7.71. The molecule has 0 aliphatic heterocycles. The number of fused-ring (bicyclic) bond motifs is 2. The number of H-pyrrole nitrogens is 1. The van der Waals surface area contributed by atoms with Crippen molar-refractivity contribution in [2.75, 3.05) is 0 Å². The fourth-order valence-electron chi connectivity index (χ4n) is 3.40. The van der Waals surface area contributed by atoms with Gasteiger partial charge in [-0.25, -0.2) is 4.68 Å². The molecule has 0 spiro atoms. The van der Waals surface area contributed by atoms with E-state index in [2.05, 4.69) is 45.8 Å². The number of benzene rings is 1.